The highest BCUT2D eigenvalue weighted by Gasteiger charge is 2.48. The van der Waals surface area contributed by atoms with Crippen molar-refractivity contribution in [3.8, 4) is 0 Å². The Hall–Kier alpha value is -0.330. The monoisotopic (exact) mass is 251 g/mol. The van der Waals surface area contributed by atoms with Gasteiger partial charge in [0.15, 0.2) is 0 Å². The standard InChI is InChI=1S/C5H6BrF4NO/c6-1-2-11-4(12)5(9,10)3(7)8/h3H,1-2H2,(H,11,12). The van der Waals surface area contributed by atoms with Crippen molar-refractivity contribution >= 4 is 21.8 Å². The Balaban J connectivity index is 4.07. The summed E-state index contributed by atoms with van der Waals surface area (Å²) in [4.78, 5) is 10.3. The summed E-state index contributed by atoms with van der Waals surface area (Å²) in [6.45, 7) is -0.110. The topological polar surface area (TPSA) is 29.1 Å². The van der Waals surface area contributed by atoms with Gasteiger partial charge in [0.1, 0.15) is 0 Å². The second-order valence-electron chi connectivity index (χ2n) is 1.87. The minimum absolute atomic E-state index is 0.110. The van der Waals surface area contributed by atoms with Crippen LogP contribution in [0.5, 0.6) is 0 Å². The maximum absolute atomic E-state index is 12.1. The van der Waals surface area contributed by atoms with Crippen LogP contribution >= 0.6 is 15.9 Å². The van der Waals surface area contributed by atoms with E-state index in [2.05, 4.69) is 15.9 Å². The quantitative estimate of drug-likeness (QED) is 0.594. The number of hydrogen-bond donors (Lipinski definition) is 1. The molecule has 0 bridgehead atoms. The van der Waals surface area contributed by atoms with E-state index in [1.807, 2.05) is 0 Å². The van der Waals surface area contributed by atoms with Crippen LogP contribution in [0.1, 0.15) is 0 Å². The van der Waals surface area contributed by atoms with Gasteiger partial charge in [-0.15, -0.1) is 0 Å². The summed E-state index contributed by atoms with van der Waals surface area (Å²) in [6.07, 6.45) is -3.96. The third-order valence-corrected chi connectivity index (χ3v) is 1.35. The van der Waals surface area contributed by atoms with E-state index < -0.39 is 18.3 Å². The first kappa shape index (κ1) is 11.7. The highest BCUT2D eigenvalue weighted by atomic mass is 79.9. The van der Waals surface area contributed by atoms with Crippen LogP contribution in [0, 0.1) is 0 Å². The first-order valence-corrected chi connectivity index (χ1v) is 4.05. The van der Waals surface area contributed by atoms with Crippen molar-refractivity contribution in [1.29, 1.82) is 0 Å². The molecule has 1 N–H and O–H groups in total. The van der Waals surface area contributed by atoms with Crippen molar-refractivity contribution in [3.05, 3.63) is 0 Å². The van der Waals surface area contributed by atoms with Gasteiger partial charge in [0.2, 0.25) is 0 Å². The van der Waals surface area contributed by atoms with Crippen molar-refractivity contribution in [2.75, 3.05) is 11.9 Å². The summed E-state index contributed by atoms with van der Waals surface area (Å²) >= 11 is 2.83. The molecule has 0 spiro atoms. The number of rotatable bonds is 4. The fourth-order valence-electron chi connectivity index (χ4n) is 0.378. The smallest absolute Gasteiger partial charge is 0.350 e. The van der Waals surface area contributed by atoms with E-state index in [-0.39, 0.29) is 11.9 Å². The van der Waals surface area contributed by atoms with Crippen LogP contribution in [0.2, 0.25) is 0 Å². The van der Waals surface area contributed by atoms with Crippen LogP contribution in [0.3, 0.4) is 0 Å². The molecule has 0 rings (SSSR count). The Morgan fingerprint density at radius 2 is 2.00 bits per heavy atom. The molecule has 0 saturated heterocycles. The van der Waals surface area contributed by atoms with E-state index in [0.717, 1.165) is 0 Å². The Kier molecular flexibility index (Phi) is 4.51. The zero-order chi connectivity index (χ0) is 9.78. The second-order valence-corrected chi connectivity index (χ2v) is 2.66. The van der Waals surface area contributed by atoms with Gasteiger partial charge in [-0.05, 0) is 0 Å². The van der Waals surface area contributed by atoms with E-state index in [1.54, 1.807) is 5.32 Å². The van der Waals surface area contributed by atoms with Crippen LogP contribution in [0.4, 0.5) is 17.6 Å². The largest absolute Gasteiger partial charge is 0.383 e. The molecule has 0 aromatic rings. The predicted molar refractivity (Wildman–Crippen MR) is 37.8 cm³/mol. The molecule has 12 heavy (non-hydrogen) atoms. The van der Waals surface area contributed by atoms with Crippen molar-refractivity contribution in [1.82, 2.24) is 5.32 Å². The van der Waals surface area contributed by atoms with Crippen molar-refractivity contribution in [2.24, 2.45) is 0 Å². The van der Waals surface area contributed by atoms with E-state index in [1.165, 1.54) is 0 Å². The molecule has 7 heteroatoms. The minimum atomic E-state index is -4.60. The van der Waals surface area contributed by atoms with Gasteiger partial charge in [0.05, 0.1) is 0 Å². The Morgan fingerprint density at radius 3 is 2.33 bits per heavy atom. The number of halogens is 5. The van der Waals surface area contributed by atoms with Gasteiger partial charge in [-0.3, -0.25) is 4.79 Å². The molecule has 0 radical (unpaired) electrons. The van der Waals surface area contributed by atoms with Crippen LogP contribution in [0.15, 0.2) is 0 Å². The lowest BCUT2D eigenvalue weighted by Crippen LogP contribution is -2.45. The summed E-state index contributed by atoms with van der Waals surface area (Å²) in [5, 5.41) is 1.87. The molecule has 0 fully saturated rings. The molecular formula is C5H6BrF4NO. The number of alkyl halides is 5. The van der Waals surface area contributed by atoms with Crippen molar-refractivity contribution in [3.63, 3.8) is 0 Å². The molecule has 0 aliphatic heterocycles. The molecule has 1 amide bonds. The summed E-state index contributed by atoms with van der Waals surface area (Å²) in [7, 11) is 0. The maximum Gasteiger partial charge on any atom is 0.383 e. The van der Waals surface area contributed by atoms with Crippen LogP contribution in [-0.2, 0) is 4.79 Å². The molecule has 0 atom stereocenters. The zero-order valence-corrected chi connectivity index (χ0v) is 7.38. The van der Waals surface area contributed by atoms with E-state index >= 15 is 0 Å². The van der Waals surface area contributed by atoms with Gasteiger partial charge < -0.3 is 5.32 Å². The zero-order valence-electron chi connectivity index (χ0n) is 5.79. The highest BCUT2D eigenvalue weighted by Crippen LogP contribution is 2.22. The normalized spacial score (nSPS) is 11.8. The molecule has 0 heterocycles. The molecule has 72 valence electrons. The Labute approximate surface area is 74.4 Å². The second kappa shape index (κ2) is 4.64. The molecular weight excluding hydrogens is 246 g/mol. The molecule has 0 aromatic carbocycles. The lowest BCUT2D eigenvalue weighted by Gasteiger charge is -2.13. The first-order valence-electron chi connectivity index (χ1n) is 2.93. The SMILES string of the molecule is O=C(NCCBr)C(F)(F)C(F)F. The van der Waals surface area contributed by atoms with Gasteiger partial charge in [-0.2, -0.15) is 8.78 Å². The number of nitrogens with one attached hydrogen (secondary N) is 1. The van der Waals surface area contributed by atoms with Gasteiger partial charge >= 0.3 is 12.3 Å². The first-order chi connectivity index (χ1) is 5.42. The number of carbonyl (C=O) groups excluding carboxylic acids is 1. The summed E-state index contributed by atoms with van der Waals surface area (Å²) < 4.78 is 47.1. The molecule has 0 saturated carbocycles. The summed E-state index contributed by atoms with van der Waals surface area (Å²) in [5.41, 5.74) is 0. The third kappa shape index (κ3) is 2.96. The average molecular weight is 252 g/mol. The molecule has 0 unspecified atom stereocenters. The fraction of sp³-hybridized carbons (Fsp3) is 0.800. The highest BCUT2D eigenvalue weighted by molar-refractivity contribution is 9.09. The number of amides is 1. The Morgan fingerprint density at radius 1 is 1.50 bits per heavy atom. The van der Waals surface area contributed by atoms with Crippen molar-refractivity contribution in [2.45, 2.75) is 12.3 Å². The van der Waals surface area contributed by atoms with Crippen LogP contribution in [-0.4, -0.2) is 30.1 Å². The summed E-state index contributed by atoms with van der Waals surface area (Å²) in [6, 6.07) is 0. The summed E-state index contributed by atoms with van der Waals surface area (Å²) in [5.74, 6) is -6.54. The molecule has 0 aromatic heterocycles. The molecule has 2 nitrogen and oxygen atoms in total. The van der Waals surface area contributed by atoms with Gasteiger partial charge in [0.25, 0.3) is 5.91 Å². The van der Waals surface area contributed by atoms with Crippen LogP contribution in [0.25, 0.3) is 0 Å². The van der Waals surface area contributed by atoms with E-state index in [0.29, 0.717) is 0 Å². The number of hydrogen-bond acceptors (Lipinski definition) is 1. The minimum Gasteiger partial charge on any atom is -0.350 e. The lowest BCUT2D eigenvalue weighted by atomic mass is 10.3. The fourth-order valence-corrected chi connectivity index (χ4v) is 0.576. The number of carbonyl (C=O) groups is 1. The Bertz CT molecular complexity index is 164. The van der Waals surface area contributed by atoms with Gasteiger partial charge in [-0.1, -0.05) is 15.9 Å². The van der Waals surface area contributed by atoms with Gasteiger partial charge in [-0.25, -0.2) is 8.78 Å². The molecule has 0 aliphatic carbocycles. The average Bonchev–Trinajstić information content (AvgIpc) is 1.99. The van der Waals surface area contributed by atoms with Gasteiger partial charge in [0, 0.05) is 11.9 Å². The third-order valence-electron chi connectivity index (χ3n) is 0.957. The lowest BCUT2D eigenvalue weighted by molar-refractivity contribution is -0.169. The van der Waals surface area contributed by atoms with Crippen molar-refractivity contribution < 1.29 is 22.4 Å². The van der Waals surface area contributed by atoms with Crippen LogP contribution < -0.4 is 5.32 Å². The predicted octanol–water partition coefficient (Wildman–Crippen LogP) is 1.40. The van der Waals surface area contributed by atoms with E-state index in [4.69, 9.17) is 0 Å². The maximum atomic E-state index is 12.1. The van der Waals surface area contributed by atoms with E-state index in [9.17, 15) is 22.4 Å². The molecule has 0 aliphatic rings.